The van der Waals surface area contributed by atoms with Crippen LogP contribution in [-0.2, 0) is 4.79 Å². The van der Waals surface area contributed by atoms with Gasteiger partial charge in [0.05, 0.1) is 29.5 Å². The summed E-state index contributed by atoms with van der Waals surface area (Å²) >= 11 is 1.48. The van der Waals surface area contributed by atoms with Crippen molar-refractivity contribution in [2.75, 3.05) is 11.9 Å². The number of carbonyl (C=O) groups is 1. The number of anilines is 1. The minimum Gasteiger partial charge on any atom is -0.482 e. The Hall–Kier alpha value is -4.50. The second-order valence-electron chi connectivity index (χ2n) is 8.04. The number of para-hydroxylation sites is 1. The Labute approximate surface area is 204 Å². The molecule has 35 heavy (non-hydrogen) atoms. The molecule has 0 fully saturated rings. The number of amides is 1. The van der Waals surface area contributed by atoms with Crippen molar-refractivity contribution in [3.8, 4) is 17.0 Å². The van der Waals surface area contributed by atoms with Crippen molar-refractivity contribution in [3.05, 3.63) is 88.4 Å². The summed E-state index contributed by atoms with van der Waals surface area (Å²) in [6.07, 6.45) is 5.29. The molecule has 172 valence electrons. The SMILES string of the molecule is Cc1[nH]c2ccccc2c1C=Nn1c(-c2ccc3c(c2)NC(=O)CO3)csc1=Nc1cccnc1. The zero-order chi connectivity index (χ0) is 23.8. The van der Waals surface area contributed by atoms with E-state index in [1.54, 1.807) is 12.4 Å². The zero-order valence-corrected chi connectivity index (χ0v) is 19.5. The predicted octanol–water partition coefficient (Wildman–Crippen LogP) is 4.85. The van der Waals surface area contributed by atoms with Crippen molar-refractivity contribution in [1.29, 1.82) is 0 Å². The van der Waals surface area contributed by atoms with Gasteiger partial charge < -0.3 is 15.0 Å². The molecular formula is C26H20N6O2S. The highest BCUT2D eigenvalue weighted by atomic mass is 32.1. The topological polar surface area (TPSA) is 96.7 Å². The van der Waals surface area contributed by atoms with Crippen molar-refractivity contribution in [2.24, 2.45) is 10.1 Å². The Morgan fingerprint density at radius 1 is 1.17 bits per heavy atom. The van der Waals surface area contributed by atoms with E-state index in [0.717, 1.165) is 39.1 Å². The molecule has 0 spiro atoms. The maximum atomic E-state index is 11.8. The summed E-state index contributed by atoms with van der Waals surface area (Å²) < 4.78 is 7.33. The lowest BCUT2D eigenvalue weighted by Crippen LogP contribution is -2.25. The number of aromatic nitrogens is 3. The molecule has 0 unspecified atom stereocenters. The summed E-state index contributed by atoms with van der Waals surface area (Å²) in [5.41, 5.74) is 6.21. The molecule has 2 N–H and O–H groups in total. The number of nitrogens with one attached hydrogen (secondary N) is 2. The van der Waals surface area contributed by atoms with Crippen LogP contribution in [0, 0.1) is 6.92 Å². The summed E-state index contributed by atoms with van der Waals surface area (Å²) in [6.45, 7) is 2.06. The van der Waals surface area contributed by atoms with E-state index in [-0.39, 0.29) is 12.5 Å². The number of H-pyrrole nitrogens is 1. The van der Waals surface area contributed by atoms with Gasteiger partial charge in [-0.1, -0.05) is 18.2 Å². The molecule has 0 atom stereocenters. The first kappa shape index (κ1) is 21.1. The number of nitrogens with zero attached hydrogens (tertiary/aromatic N) is 4. The van der Waals surface area contributed by atoms with Gasteiger partial charge in [0.1, 0.15) is 5.75 Å². The molecular weight excluding hydrogens is 460 g/mol. The molecule has 1 aliphatic rings. The van der Waals surface area contributed by atoms with Gasteiger partial charge in [-0.15, -0.1) is 11.3 Å². The second-order valence-corrected chi connectivity index (χ2v) is 8.88. The molecule has 0 radical (unpaired) electrons. The van der Waals surface area contributed by atoms with Crippen LogP contribution in [0.25, 0.3) is 22.2 Å². The van der Waals surface area contributed by atoms with Crippen molar-refractivity contribution in [3.63, 3.8) is 0 Å². The Balaban J connectivity index is 1.50. The third-order valence-corrected chi connectivity index (χ3v) is 6.53. The molecule has 1 aliphatic heterocycles. The number of thiazole rings is 1. The van der Waals surface area contributed by atoms with Crippen molar-refractivity contribution in [2.45, 2.75) is 6.92 Å². The van der Waals surface area contributed by atoms with Crippen LogP contribution >= 0.6 is 11.3 Å². The number of pyridine rings is 1. The van der Waals surface area contributed by atoms with Crippen LogP contribution in [0.15, 0.2) is 82.5 Å². The van der Waals surface area contributed by atoms with Crippen LogP contribution in [0.2, 0.25) is 0 Å². The number of ether oxygens (including phenoxy) is 1. The summed E-state index contributed by atoms with van der Waals surface area (Å²) in [7, 11) is 0. The minimum atomic E-state index is -0.173. The quantitative estimate of drug-likeness (QED) is 0.360. The molecule has 4 heterocycles. The number of aryl methyl sites for hydroxylation is 1. The van der Waals surface area contributed by atoms with Crippen molar-refractivity contribution in [1.82, 2.24) is 14.6 Å². The summed E-state index contributed by atoms with van der Waals surface area (Å²) in [5.74, 6) is 0.473. The molecule has 0 bridgehead atoms. The van der Waals surface area contributed by atoms with E-state index < -0.39 is 0 Å². The van der Waals surface area contributed by atoms with E-state index in [0.29, 0.717) is 16.2 Å². The lowest BCUT2D eigenvalue weighted by atomic mass is 10.1. The van der Waals surface area contributed by atoms with Gasteiger partial charge >= 0.3 is 0 Å². The largest absolute Gasteiger partial charge is 0.482 e. The molecule has 5 aromatic rings. The molecule has 0 aliphatic carbocycles. The van der Waals surface area contributed by atoms with E-state index >= 15 is 0 Å². The fourth-order valence-corrected chi connectivity index (χ4v) is 4.90. The molecule has 1 amide bonds. The molecule has 8 nitrogen and oxygen atoms in total. The van der Waals surface area contributed by atoms with E-state index in [9.17, 15) is 4.79 Å². The average molecular weight is 481 g/mol. The lowest BCUT2D eigenvalue weighted by Gasteiger charge is -2.18. The van der Waals surface area contributed by atoms with Gasteiger partial charge in [-0.05, 0) is 43.3 Å². The first-order chi connectivity index (χ1) is 17.2. The van der Waals surface area contributed by atoms with Gasteiger partial charge in [-0.3, -0.25) is 9.78 Å². The number of carbonyl (C=O) groups excluding carboxylic acids is 1. The number of benzene rings is 2. The third-order valence-electron chi connectivity index (χ3n) is 5.71. The number of hydrogen-bond acceptors (Lipinski definition) is 6. The van der Waals surface area contributed by atoms with Crippen LogP contribution in [0.4, 0.5) is 11.4 Å². The van der Waals surface area contributed by atoms with Gasteiger partial charge in [-0.25, -0.2) is 9.67 Å². The van der Waals surface area contributed by atoms with Crippen molar-refractivity contribution < 1.29 is 9.53 Å². The minimum absolute atomic E-state index is 0.0210. The predicted molar refractivity (Wildman–Crippen MR) is 137 cm³/mol. The second kappa shape index (κ2) is 8.69. The number of hydrogen-bond donors (Lipinski definition) is 2. The molecule has 6 rings (SSSR count). The number of aromatic amines is 1. The van der Waals surface area contributed by atoms with E-state index in [1.807, 2.05) is 65.7 Å². The van der Waals surface area contributed by atoms with Crippen molar-refractivity contribution >= 4 is 45.7 Å². The van der Waals surface area contributed by atoms with E-state index in [1.165, 1.54) is 11.3 Å². The molecule has 3 aromatic heterocycles. The highest BCUT2D eigenvalue weighted by Crippen LogP contribution is 2.33. The van der Waals surface area contributed by atoms with Crippen LogP contribution in [-0.4, -0.2) is 33.4 Å². The normalized spacial score (nSPS) is 13.7. The Morgan fingerprint density at radius 2 is 2.09 bits per heavy atom. The molecule has 0 saturated carbocycles. The first-order valence-corrected chi connectivity index (χ1v) is 11.9. The lowest BCUT2D eigenvalue weighted by molar-refractivity contribution is -0.118. The first-order valence-electron chi connectivity index (χ1n) is 11.0. The summed E-state index contributed by atoms with van der Waals surface area (Å²) in [4.78, 5) is 24.9. The summed E-state index contributed by atoms with van der Waals surface area (Å²) in [5, 5.41) is 10.8. The van der Waals surface area contributed by atoms with Crippen LogP contribution in [0.1, 0.15) is 11.3 Å². The highest BCUT2D eigenvalue weighted by molar-refractivity contribution is 7.07. The van der Waals surface area contributed by atoms with E-state index in [2.05, 4.69) is 27.4 Å². The Morgan fingerprint density at radius 3 is 2.97 bits per heavy atom. The highest BCUT2D eigenvalue weighted by Gasteiger charge is 2.18. The standard InChI is InChI=1S/C26H20N6O2S/c1-16-20(19-6-2-3-7-21(19)29-16)13-28-32-23(15-35-26(32)30-18-5-4-10-27-12-18)17-8-9-24-22(11-17)31-25(33)14-34-24/h2-13,15,29H,14H2,1H3,(H,31,33). The maximum Gasteiger partial charge on any atom is 0.262 e. The third kappa shape index (κ3) is 4.02. The average Bonchev–Trinajstić information content (AvgIpc) is 3.42. The molecule has 0 saturated heterocycles. The zero-order valence-electron chi connectivity index (χ0n) is 18.7. The van der Waals surface area contributed by atoms with Crippen LogP contribution in [0.5, 0.6) is 5.75 Å². The fraction of sp³-hybridized carbons (Fsp3) is 0.0769. The van der Waals surface area contributed by atoms with Gasteiger partial charge in [0.25, 0.3) is 5.91 Å². The smallest absolute Gasteiger partial charge is 0.262 e. The molecule has 2 aromatic carbocycles. The van der Waals surface area contributed by atoms with E-state index in [4.69, 9.17) is 14.8 Å². The summed E-state index contributed by atoms with van der Waals surface area (Å²) in [6, 6.07) is 17.6. The fourth-order valence-electron chi connectivity index (χ4n) is 4.04. The number of rotatable bonds is 4. The number of fused-ring (bicyclic) bond motifs is 2. The Kier molecular flexibility index (Phi) is 5.23. The van der Waals surface area contributed by atoms with Gasteiger partial charge in [0, 0.05) is 39.3 Å². The van der Waals surface area contributed by atoms with Crippen LogP contribution < -0.4 is 14.9 Å². The van der Waals surface area contributed by atoms with Crippen LogP contribution in [0.3, 0.4) is 0 Å². The molecule has 9 heteroatoms. The Bertz CT molecular complexity index is 1660. The van der Waals surface area contributed by atoms with Gasteiger partial charge in [-0.2, -0.15) is 5.10 Å². The van der Waals surface area contributed by atoms with Gasteiger partial charge in [0.2, 0.25) is 4.80 Å². The van der Waals surface area contributed by atoms with Gasteiger partial charge in [0.15, 0.2) is 6.61 Å². The monoisotopic (exact) mass is 480 g/mol. The maximum absolute atomic E-state index is 11.8.